The molecule has 4 rings (SSSR count). The standard InChI is InChI=1S/C25H30N2O6S/c1-25(2)22(23(31)33-16-18-9-5-3-6-10-18)27-20(30)15-21(27)34(25,17-29)24(32)26(13-14-28)19-11-7-4-8-12-19/h3-12,21-22,28-29H,13-17H2,1-2H3/t21-,22+/m1/s1. The van der Waals surface area contributed by atoms with E-state index in [-0.39, 0.29) is 37.3 Å². The summed E-state index contributed by atoms with van der Waals surface area (Å²) in [7, 11) is -2.64. The first-order valence-electron chi connectivity index (χ1n) is 11.2. The number of nitrogens with zero attached hydrogens (tertiary/aromatic N) is 2. The molecular formula is C25H30N2O6S. The molecule has 2 N–H and O–H groups in total. The van der Waals surface area contributed by atoms with Crippen molar-refractivity contribution < 1.29 is 29.3 Å². The molecule has 0 aliphatic carbocycles. The second kappa shape index (κ2) is 9.40. The Morgan fingerprint density at radius 2 is 1.71 bits per heavy atom. The number of carbonyl (C=O) groups excluding carboxylic acids is 3. The van der Waals surface area contributed by atoms with E-state index >= 15 is 0 Å². The van der Waals surface area contributed by atoms with Crippen molar-refractivity contribution >= 4 is 32.8 Å². The Bertz CT molecular complexity index is 1060. The van der Waals surface area contributed by atoms with E-state index in [0.29, 0.717) is 5.69 Å². The molecule has 0 aromatic heterocycles. The fraction of sp³-hybridized carbons (Fsp3) is 0.400. The van der Waals surface area contributed by atoms with Gasteiger partial charge < -0.3 is 24.7 Å². The molecule has 2 aliphatic rings. The first-order valence-corrected chi connectivity index (χ1v) is 13.1. The molecule has 2 aromatic carbocycles. The minimum atomic E-state index is -2.64. The third-order valence-corrected chi connectivity index (χ3v) is 11.5. The topological polar surface area (TPSA) is 107 Å². The van der Waals surface area contributed by atoms with Gasteiger partial charge in [0, 0.05) is 17.0 Å². The average molecular weight is 487 g/mol. The monoisotopic (exact) mass is 486 g/mol. The van der Waals surface area contributed by atoms with Crippen LogP contribution in [0.5, 0.6) is 0 Å². The van der Waals surface area contributed by atoms with Gasteiger partial charge in [-0.3, -0.25) is 9.59 Å². The van der Waals surface area contributed by atoms with Crippen LogP contribution in [-0.2, 0) is 20.9 Å². The zero-order valence-corrected chi connectivity index (χ0v) is 20.1. The first kappa shape index (κ1) is 24.3. The number of rotatable bonds is 7. The van der Waals surface area contributed by atoms with Crippen LogP contribution in [0, 0.1) is 0 Å². The van der Waals surface area contributed by atoms with Gasteiger partial charge in [0.25, 0.3) is 5.24 Å². The summed E-state index contributed by atoms with van der Waals surface area (Å²) in [6.07, 6.45) is 0.0925. The average Bonchev–Trinajstić information content (AvgIpc) is 3.01. The van der Waals surface area contributed by atoms with Crippen LogP contribution in [0.25, 0.3) is 0 Å². The Hall–Kier alpha value is -2.88. The molecule has 0 bridgehead atoms. The molecule has 0 spiro atoms. The second-order valence-corrected chi connectivity index (χ2v) is 12.7. The molecule has 3 atom stereocenters. The Kier molecular flexibility index (Phi) is 6.71. The maximum Gasteiger partial charge on any atom is 0.330 e. The molecule has 182 valence electrons. The Balaban J connectivity index is 1.69. The summed E-state index contributed by atoms with van der Waals surface area (Å²) in [6, 6.07) is 17.2. The molecular weight excluding hydrogens is 456 g/mol. The molecule has 2 fully saturated rings. The summed E-state index contributed by atoms with van der Waals surface area (Å²) in [5.41, 5.74) is 1.40. The number of carbonyl (C=O) groups is 3. The lowest BCUT2D eigenvalue weighted by Crippen LogP contribution is -2.57. The molecule has 0 saturated carbocycles. The van der Waals surface area contributed by atoms with Crippen molar-refractivity contribution in [1.82, 2.24) is 4.90 Å². The van der Waals surface area contributed by atoms with E-state index in [4.69, 9.17) is 4.74 Å². The molecule has 2 heterocycles. The van der Waals surface area contributed by atoms with Crippen LogP contribution in [0.15, 0.2) is 60.7 Å². The number of hydrogen-bond acceptors (Lipinski definition) is 6. The van der Waals surface area contributed by atoms with Gasteiger partial charge in [-0.05, 0) is 31.5 Å². The van der Waals surface area contributed by atoms with Crippen LogP contribution in [0.1, 0.15) is 25.8 Å². The van der Waals surface area contributed by atoms with E-state index in [1.165, 1.54) is 9.80 Å². The van der Waals surface area contributed by atoms with Gasteiger partial charge in [0.2, 0.25) is 5.91 Å². The lowest BCUT2D eigenvalue weighted by molar-refractivity contribution is -0.162. The van der Waals surface area contributed by atoms with E-state index in [2.05, 4.69) is 0 Å². The highest BCUT2D eigenvalue weighted by Gasteiger charge is 2.72. The Labute approximate surface area is 200 Å². The van der Waals surface area contributed by atoms with Gasteiger partial charge in [0.15, 0.2) is 0 Å². The largest absolute Gasteiger partial charge is 0.459 e. The van der Waals surface area contributed by atoms with Gasteiger partial charge in [-0.1, -0.05) is 48.5 Å². The summed E-state index contributed by atoms with van der Waals surface area (Å²) >= 11 is 0. The van der Waals surface area contributed by atoms with Crippen molar-refractivity contribution in [3.63, 3.8) is 0 Å². The lowest BCUT2D eigenvalue weighted by Gasteiger charge is -2.50. The fourth-order valence-electron chi connectivity index (χ4n) is 5.02. The summed E-state index contributed by atoms with van der Waals surface area (Å²) in [5.74, 6) is -1.29. The highest BCUT2D eigenvalue weighted by atomic mass is 32.3. The third kappa shape index (κ3) is 3.68. The Morgan fingerprint density at radius 1 is 1.09 bits per heavy atom. The molecule has 9 heteroatoms. The molecule has 0 radical (unpaired) electrons. The fourth-order valence-corrected chi connectivity index (χ4v) is 9.27. The van der Waals surface area contributed by atoms with Gasteiger partial charge >= 0.3 is 5.97 Å². The number of esters is 1. The van der Waals surface area contributed by atoms with E-state index in [1.807, 2.05) is 36.4 Å². The minimum absolute atomic E-state index is 0.0392. The van der Waals surface area contributed by atoms with E-state index in [0.717, 1.165) is 5.56 Å². The SMILES string of the molecule is CC1(C)[C@H](C(=O)OCc2ccccc2)N2C(=O)C[C@H]2S1(CO)C(=O)N(CCO)c1ccccc1. The number of hydrogen-bond donors (Lipinski definition) is 2. The lowest BCUT2D eigenvalue weighted by atomic mass is 9.98. The minimum Gasteiger partial charge on any atom is -0.459 e. The smallest absolute Gasteiger partial charge is 0.330 e. The van der Waals surface area contributed by atoms with Crippen LogP contribution in [0.3, 0.4) is 0 Å². The van der Waals surface area contributed by atoms with Crippen molar-refractivity contribution in [1.29, 1.82) is 0 Å². The van der Waals surface area contributed by atoms with Crippen LogP contribution < -0.4 is 4.90 Å². The number of benzene rings is 2. The van der Waals surface area contributed by atoms with Crippen molar-refractivity contribution in [3.8, 4) is 0 Å². The predicted octanol–water partition coefficient (Wildman–Crippen LogP) is 2.82. The number of β-lactam (4-membered cyclic amide) rings is 1. The number of fused-ring (bicyclic) bond motifs is 1. The molecule has 2 amide bonds. The van der Waals surface area contributed by atoms with Crippen molar-refractivity contribution in [2.24, 2.45) is 0 Å². The van der Waals surface area contributed by atoms with Gasteiger partial charge in [-0.25, -0.2) is 4.79 Å². The molecule has 2 saturated heterocycles. The summed E-state index contributed by atoms with van der Waals surface area (Å²) in [4.78, 5) is 43.0. The number of amides is 2. The van der Waals surface area contributed by atoms with Crippen molar-refractivity contribution in [2.75, 3.05) is 24.0 Å². The van der Waals surface area contributed by atoms with Crippen LogP contribution in [0.2, 0.25) is 0 Å². The zero-order valence-electron chi connectivity index (χ0n) is 19.3. The van der Waals surface area contributed by atoms with Crippen molar-refractivity contribution in [2.45, 2.75) is 43.0 Å². The Morgan fingerprint density at radius 3 is 2.26 bits per heavy atom. The molecule has 2 aromatic rings. The highest BCUT2D eigenvalue weighted by molar-refractivity contribution is 8.46. The number of ether oxygens (including phenoxy) is 1. The molecule has 34 heavy (non-hydrogen) atoms. The van der Waals surface area contributed by atoms with Gasteiger partial charge in [-0.2, -0.15) is 0 Å². The molecule has 8 nitrogen and oxygen atoms in total. The van der Waals surface area contributed by atoms with Crippen molar-refractivity contribution in [3.05, 3.63) is 66.2 Å². The molecule has 1 unspecified atom stereocenters. The van der Waals surface area contributed by atoms with E-state index in [1.54, 1.807) is 38.1 Å². The van der Waals surface area contributed by atoms with Crippen LogP contribution >= 0.6 is 10.0 Å². The normalized spacial score (nSPS) is 26.7. The number of aliphatic hydroxyl groups is 2. The van der Waals surface area contributed by atoms with Gasteiger partial charge in [-0.15, -0.1) is 10.0 Å². The quantitative estimate of drug-likeness (QED) is 0.460. The van der Waals surface area contributed by atoms with E-state index in [9.17, 15) is 24.6 Å². The molecule has 2 aliphatic heterocycles. The maximum atomic E-state index is 14.2. The van der Waals surface area contributed by atoms with E-state index < -0.39 is 38.1 Å². The predicted molar refractivity (Wildman–Crippen MR) is 130 cm³/mol. The second-order valence-electron chi connectivity index (χ2n) is 8.96. The zero-order chi connectivity index (χ0) is 24.5. The summed E-state index contributed by atoms with van der Waals surface area (Å²) in [6.45, 7) is 3.35. The third-order valence-electron chi connectivity index (χ3n) is 6.86. The highest BCUT2D eigenvalue weighted by Crippen LogP contribution is 2.74. The van der Waals surface area contributed by atoms with Gasteiger partial charge in [0.05, 0.1) is 24.3 Å². The number of anilines is 1. The summed E-state index contributed by atoms with van der Waals surface area (Å²) < 4.78 is 4.54. The summed E-state index contributed by atoms with van der Waals surface area (Å²) in [5, 5.41) is 19.5. The van der Waals surface area contributed by atoms with Gasteiger partial charge in [0.1, 0.15) is 12.6 Å². The van der Waals surface area contributed by atoms with Crippen LogP contribution in [-0.4, -0.2) is 67.5 Å². The maximum absolute atomic E-state index is 14.2. The number of para-hydroxylation sites is 1. The first-order chi connectivity index (χ1) is 16.3. The number of aliphatic hydroxyl groups excluding tert-OH is 2. The van der Waals surface area contributed by atoms with Crippen LogP contribution in [0.4, 0.5) is 10.5 Å².